The van der Waals surface area contributed by atoms with Gasteiger partial charge in [0.2, 0.25) is 5.91 Å². The van der Waals surface area contributed by atoms with Crippen molar-refractivity contribution in [2.75, 3.05) is 13.1 Å². The first kappa shape index (κ1) is 18.4. The number of aryl methyl sites for hydroxylation is 1. The standard InChI is InChI=1S/C17H27N3O4S/c1-11-8-13-14(9-17(2,3)10-15(13)24-11)19-16(21)12-4-6-20(7-5-12)25(18,22)23/h8,12,14H,4-7,9-10H2,1-3H3,(H,19,21)(H2,18,22,23)/t14-/m0/s1. The predicted molar refractivity (Wildman–Crippen MR) is 93.8 cm³/mol. The van der Waals surface area contributed by atoms with E-state index in [0.29, 0.717) is 25.9 Å². The van der Waals surface area contributed by atoms with Gasteiger partial charge >= 0.3 is 0 Å². The van der Waals surface area contributed by atoms with Crippen LogP contribution in [0.1, 0.15) is 56.2 Å². The highest BCUT2D eigenvalue weighted by Gasteiger charge is 2.37. The van der Waals surface area contributed by atoms with Crippen LogP contribution in [0.4, 0.5) is 0 Å². The van der Waals surface area contributed by atoms with Gasteiger partial charge in [0.25, 0.3) is 10.2 Å². The molecule has 7 nitrogen and oxygen atoms in total. The quantitative estimate of drug-likeness (QED) is 0.844. The molecule has 140 valence electrons. The molecule has 1 aromatic heterocycles. The van der Waals surface area contributed by atoms with Crippen LogP contribution in [0.15, 0.2) is 10.5 Å². The van der Waals surface area contributed by atoms with E-state index >= 15 is 0 Å². The molecule has 0 saturated carbocycles. The number of hydrogen-bond donors (Lipinski definition) is 2. The predicted octanol–water partition coefficient (Wildman–Crippen LogP) is 1.63. The van der Waals surface area contributed by atoms with E-state index in [0.717, 1.165) is 29.9 Å². The van der Waals surface area contributed by atoms with E-state index in [2.05, 4.69) is 19.2 Å². The van der Waals surface area contributed by atoms with Crippen LogP contribution < -0.4 is 10.5 Å². The van der Waals surface area contributed by atoms with Gasteiger partial charge in [0.15, 0.2) is 0 Å². The number of amides is 1. The third kappa shape index (κ3) is 4.07. The number of carbonyl (C=O) groups is 1. The monoisotopic (exact) mass is 369 g/mol. The van der Waals surface area contributed by atoms with Crippen LogP contribution in [0, 0.1) is 18.3 Å². The maximum atomic E-state index is 12.7. The first-order valence-corrected chi connectivity index (χ1v) is 10.2. The molecule has 0 unspecified atom stereocenters. The van der Waals surface area contributed by atoms with Crippen molar-refractivity contribution in [3.8, 4) is 0 Å². The zero-order valence-electron chi connectivity index (χ0n) is 15.0. The molecule has 3 rings (SSSR count). The molecule has 0 bridgehead atoms. The van der Waals surface area contributed by atoms with Gasteiger partial charge in [0, 0.05) is 31.0 Å². The second-order valence-electron chi connectivity index (χ2n) is 8.06. The van der Waals surface area contributed by atoms with Crippen molar-refractivity contribution in [1.29, 1.82) is 0 Å². The molecular formula is C17H27N3O4S. The SMILES string of the molecule is Cc1cc2c(o1)CC(C)(C)C[C@@H]2NC(=O)C1CCN(S(N)(=O)=O)CC1. The van der Waals surface area contributed by atoms with E-state index in [1.807, 2.05) is 13.0 Å². The molecule has 1 atom stereocenters. The number of fused-ring (bicyclic) bond motifs is 1. The molecule has 1 fully saturated rings. The number of nitrogens with zero attached hydrogens (tertiary/aromatic N) is 1. The molecule has 1 aliphatic heterocycles. The molecule has 25 heavy (non-hydrogen) atoms. The molecule has 2 heterocycles. The number of nitrogens with one attached hydrogen (secondary N) is 1. The summed E-state index contributed by atoms with van der Waals surface area (Å²) < 4.78 is 29.8. The van der Waals surface area contributed by atoms with Crippen LogP contribution in [0.2, 0.25) is 0 Å². The molecule has 8 heteroatoms. The van der Waals surface area contributed by atoms with Gasteiger partial charge < -0.3 is 9.73 Å². The van der Waals surface area contributed by atoms with Crippen LogP contribution in [-0.2, 0) is 21.4 Å². The zero-order chi connectivity index (χ0) is 18.4. The number of nitrogens with two attached hydrogens (primary N) is 1. The Morgan fingerprint density at radius 1 is 1.36 bits per heavy atom. The Hall–Kier alpha value is -1.38. The third-order valence-corrected chi connectivity index (χ3v) is 6.32. The van der Waals surface area contributed by atoms with E-state index in [9.17, 15) is 13.2 Å². The molecule has 0 aromatic carbocycles. The summed E-state index contributed by atoms with van der Waals surface area (Å²) in [7, 11) is -3.67. The fraction of sp³-hybridized carbons (Fsp3) is 0.706. The minimum Gasteiger partial charge on any atom is -0.466 e. The Bertz CT molecular complexity index is 761. The molecule has 1 aromatic rings. The van der Waals surface area contributed by atoms with Crippen molar-refractivity contribution in [3.63, 3.8) is 0 Å². The highest BCUT2D eigenvalue weighted by Crippen LogP contribution is 2.42. The molecule has 3 N–H and O–H groups in total. The average molecular weight is 369 g/mol. The molecule has 1 aliphatic carbocycles. The largest absolute Gasteiger partial charge is 0.466 e. The summed E-state index contributed by atoms with van der Waals surface area (Å²) in [5, 5.41) is 8.32. The Kier molecular flexibility index (Phi) is 4.72. The molecule has 2 aliphatic rings. The van der Waals surface area contributed by atoms with Gasteiger partial charge in [-0.15, -0.1) is 0 Å². The summed E-state index contributed by atoms with van der Waals surface area (Å²) in [5.74, 6) is 1.63. The second kappa shape index (κ2) is 6.41. The smallest absolute Gasteiger partial charge is 0.276 e. The highest BCUT2D eigenvalue weighted by molar-refractivity contribution is 7.86. The van der Waals surface area contributed by atoms with Crippen LogP contribution in [0.5, 0.6) is 0 Å². The van der Waals surface area contributed by atoms with Gasteiger partial charge in [-0.1, -0.05) is 13.8 Å². The van der Waals surface area contributed by atoms with Gasteiger partial charge in [-0.05, 0) is 37.7 Å². The minimum absolute atomic E-state index is 0.0124. The van der Waals surface area contributed by atoms with Crippen molar-refractivity contribution in [1.82, 2.24) is 9.62 Å². The normalized spacial score (nSPS) is 24.7. The Morgan fingerprint density at radius 2 is 2.00 bits per heavy atom. The average Bonchev–Trinajstić information content (AvgIpc) is 2.85. The van der Waals surface area contributed by atoms with E-state index in [-0.39, 0.29) is 23.3 Å². The van der Waals surface area contributed by atoms with Gasteiger partial charge in [0.05, 0.1) is 6.04 Å². The van der Waals surface area contributed by atoms with E-state index in [1.54, 1.807) is 0 Å². The summed E-state index contributed by atoms with van der Waals surface area (Å²) >= 11 is 0. The maximum Gasteiger partial charge on any atom is 0.276 e. The zero-order valence-corrected chi connectivity index (χ0v) is 15.9. The Labute approximate surface area is 149 Å². The second-order valence-corrected chi connectivity index (χ2v) is 9.61. The van der Waals surface area contributed by atoms with Crippen molar-refractivity contribution in [3.05, 3.63) is 23.2 Å². The lowest BCUT2D eigenvalue weighted by Crippen LogP contribution is -2.46. The molecular weight excluding hydrogens is 342 g/mol. The lowest BCUT2D eigenvalue weighted by Gasteiger charge is -2.36. The first-order valence-electron chi connectivity index (χ1n) is 8.73. The lowest BCUT2D eigenvalue weighted by atomic mass is 9.74. The van der Waals surface area contributed by atoms with Crippen molar-refractivity contribution in [2.45, 2.75) is 52.5 Å². The number of carbonyl (C=O) groups excluding carboxylic acids is 1. The molecule has 0 radical (unpaired) electrons. The Morgan fingerprint density at radius 3 is 2.60 bits per heavy atom. The fourth-order valence-electron chi connectivity index (χ4n) is 3.98. The summed E-state index contributed by atoms with van der Waals surface area (Å²) in [5.41, 5.74) is 1.14. The van der Waals surface area contributed by atoms with Crippen LogP contribution >= 0.6 is 0 Å². The summed E-state index contributed by atoms with van der Waals surface area (Å²) in [6.45, 7) is 6.87. The maximum absolute atomic E-state index is 12.7. The summed E-state index contributed by atoms with van der Waals surface area (Å²) in [6.07, 6.45) is 2.72. The highest BCUT2D eigenvalue weighted by atomic mass is 32.2. The fourth-order valence-corrected chi connectivity index (χ4v) is 4.70. The lowest BCUT2D eigenvalue weighted by molar-refractivity contribution is -0.127. The van der Waals surface area contributed by atoms with E-state index in [4.69, 9.17) is 9.56 Å². The van der Waals surface area contributed by atoms with Gasteiger partial charge in [-0.25, -0.2) is 5.14 Å². The van der Waals surface area contributed by atoms with E-state index < -0.39 is 10.2 Å². The van der Waals surface area contributed by atoms with Gasteiger partial charge in [0.1, 0.15) is 11.5 Å². The number of piperidine rings is 1. The molecule has 1 amide bonds. The van der Waals surface area contributed by atoms with Gasteiger partial charge in [-0.2, -0.15) is 12.7 Å². The van der Waals surface area contributed by atoms with Crippen LogP contribution in [-0.4, -0.2) is 31.7 Å². The molecule has 0 spiro atoms. The van der Waals surface area contributed by atoms with Crippen molar-refractivity contribution in [2.24, 2.45) is 16.5 Å². The number of furan rings is 1. The summed E-state index contributed by atoms with van der Waals surface area (Å²) in [6, 6.07) is 1.96. The van der Waals surface area contributed by atoms with Gasteiger partial charge in [-0.3, -0.25) is 4.79 Å². The first-order chi connectivity index (χ1) is 11.5. The molecule has 1 saturated heterocycles. The minimum atomic E-state index is -3.67. The Balaban J connectivity index is 1.67. The number of hydrogen-bond acceptors (Lipinski definition) is 4. The third-order valence-electron chi connectivity index (χ3n) is 5.24. The van der Waals surface area contributed by atoms with Crippen LogP contribution in [0.25, 0.3) is 0 Å². The summed E-state index contributed by atoms with van der Waals surface area (Å²) in [4.78, 5) is 12.7. The van der Waals surface area contributed by atoms with Crippen LogP contribution in [0.3, 0.4) is 0 Å². The van der Waals surface area contributed by atoms with Crippen molar-refractivity contribution < 1.29 is 17.6 Å². The van der Waals surface area contributed by atoms with Crippen molar-refractivity contribution >= 4 is 16.1 Å². The topological polar surface area (TPSA) is 106 Å². The van der Waals surface area contributed by atoms with E-state index in [1.165, 1.54) is 4.31 Å². The number of rotatable bonds is 3.